The second-order valence-corrected chi connectivity index (χ2v) is 9.99. The van der Waals surface area contributed by atoms with Crippen LogP contribution in [0.4, 0.5) is 5.95 Å². The van der Waals surface area contributed by atoms with Gasteiger partial charge in [-0.2, -0.15) is 4.98 Å². The van der Waals surface area contributed by atoms with Gasteiger partial charge in [0.25, 0.3) is 5.56 Å². The molecule has 0 aliphatic carbocycles. The number of alkyl halides is 1. The smallest absolute Gasteiger partial charge is 0.342 e. The van der Waals surface area contributed by atoms with E-state index in [1.165, 1.54) is 19.9 Å². The van der Waals surface area contributed by atoms with Gasteiger partial charge in [0, 0.05) is 20.4 Å². The third-order valence-corrected chi connectivity index (χ3v) is 6.79. The Kier molecular flexibility index (Phi) is 6.61. The Morgan fingerprint density at radius 2 is 2.03 bits per heavy atom. The van der Waals surface area contributed by atoms with E-state index in [1.807, 2.05) is 0 Å². The van der Waals surface area contributed by atoms with Gasteiger partial charge in [-0.05, 0) is 13.8 Å². The van der Waals surface area contributed by atoms with E-state index in [0.29, 0.717) is 0 Å². The summed E-state index contributed by atoms with van der Waals surface area (Å²) >= 11 is 3.47. The van der Waals surface area contributed by atoms with Gasteiger partial charge in [0.1, 0.15) is 6.10 Å². The number of nitrogens with two attached hydrogens (primary N) is 1. The number of ether oxygens (including phenoxy) is 5. The summed E-state index contributed by atoms with van der Waals surface area (Å²) in [4.78, 5) is 55.8. The van der Waals surface area contributed by atoms with Crippen molar-refractivity contribution in [3.63, 3.8) is 0 Å². The molecule has 15 heteroatoms. The number of hydrogen-bond acceptors (Lipinski definition) is 11. The summed E-state index contributed by atoms with van der Waals surface area (Å²) in [7, 11) is 0. The van der Waals surface area contributed by atoms with Gasteiger partial charge in [-0.15, -0.1) is 6.58 Å². The molecule has 4 rings (SSSR count). The van der Waals surface area contributed by atoms with Crippen molar-refractivity contribution in [3.05, 3.63) is 33.5 Å². The van der Waals surface area contributed by atoms with Crippen LogP contribution in [0.5, 0.6) is 0 Å². The standard InChI is InChI=1S/C21H26BrN5O9/c1-6-7-26-12-14(24-18(23)25-15(12)29)27(19(26)31)16-13(33-9(2)28)11(22)10(34-16)8-32-21(5)35-17(30)20(3,4)36-21/h6,10-11,13,16H,1,7-8H2,2-5H3,(H3,23,24,25,29)/t10-,11+,13-,16-,21?/m1/s1. The van der Waals surface area contributed by atoms with E-state index in [4.69, 9.17) is 29.4 Å². The number of fused-ring (bicyclic) bond motifs is 1. The average molecular weight is 572 g/mol. The number of allylic oxidation sites excluding steroid dienone is 1. The van der Waals surface area contributed by atoms with E-state index in [1.54, 1.807) is 13.8 Å². The van der Waals surface area contributed by atoms with Crippen LogP contribution < -0.4 is 17.0 Å². The van der Waals surface area contributed by atoms with E-state index < -0.39 is 58.0 Å². The average Bonchev–Trinajstić information content (AvgIpc) is 3.28. The largest absolute Gasteiger partial charge is 0.456 e. The number of anilines is 1. The highest BCUT2D eigenvalue weighted by molar-refractivity contribution is 9.09. The zero-order valence-electron chi connectivity index (χ0n) is 20.0. The lowest BCUT2D eigenvalue weighted by Gasteiger charge is -2.25. The van der Waals surface area contributed by atoms with Crippen LogP contribution in [-0.4, -0.2) is 66.3 Å². The number of rotatable bonds is 7. The van der Waals surface area contributed by atoms with Crippen LogP contribution in [0.25, 0.3) is 11.2 Å². The van der Waals surface area contributed by atoms with Crippen LogP contribution in [0.2, 0.25) is 0 Å². The first-order valence-corrected chi connectivity index (χ1v) is 11.9. The fourth-order valence-electron chi connectivity index (χ4n) is 4.19. The Morgan fingerprint density at radius 1 is 1.33 bits per heavy atom. The number of imidazole rings is 1. The van der Waals surface area contributed by atoms with Crippen LogP contribution in [0.1, 0.15) is 33.9 Å². The molecule has 0 amide bonds. The molecule has 2 aliphatic rings. The van der Waals surface area contributed by atoms with E-state index in [9.17, 15) is 19.2 Å². The normalized spacial score (nSPS) is 29.4. The number of nitrogens with one attached hydrogen (secondary N) is 1. The van der Waals surface area contributed by atoms with Gasteiger partial charge in [-0.1, -0.05) is 22.0 Å². The molecule has 2 fully saturated rings. The first-order chi connectivity index (χ1) is 16.8. The Hall–Kier alpha value is -3.01. The van der Waals surface area contributed by atoms with Gasteiger partial charge >= 0.3 is 23.6 Å². The number of cyclic esters (lactones) is 1. The van der Waals surface area contributed by atoms with E-state index in [2.05, 4.69) is 32.5 Å². The number of halogens is 1. The highest BCUT2D eigenvalue weighted by Gasteiger charge is 2.53. The van der Waals surface area contributed by atoms with Crippen molar-refractivity contribution in [2.45, 2.75) is 69.1 Å². The topological polar surface area (TPSA) is 179 Å². The van der Waals surface area contributed by atoms with Crippen LogP contribution in [0, 0.1) is 0 Å². The molecule has 0 radical (unpaired) electrons. The number of esters is 2. The lowest BCUT2D eigenvalue weighted by Crippen LogP contribution is -2.38. The fourth-order valence-corrected chi connectivity index (χ4v) is 4.84. The van der Waals surface area contributed by atoms with Crippen molar-refractivity contribution < 1.29 is 33.3 Å². The molecule has 4 heterocycles. The third kappa shape index (κ3) is 4.47. The summed E-state index contributed by atoms with van der Waals surface area (Å²) in [5.41, 5.74) is 3.13. The maximum Gasteiger partial charge on any atom is 0.342 e. The lowest BCUT2D eigenvalue weighted by atomic mass is 10.1. The van der Waals surface area contributed by atoms with E-state index in [-0.39, 0.29) is 30.3 Å². The predicted molar refractivity (Wildman–Crippen MR) is 127 cm³/mol. The predicted octanol–water partition coefficient (Wildman–Crippen LogP) is 0.289. The summed E-state index contributed by atoms with van der Waals surface area (Å²) in [6, 6.07) is 0. The third-order valence-electron chi connectivity index (χ3n) is 5.68. The zero-order valence-corrected chi connectivity index (χ0v) is 21.6. The van der Waals surface area contributed by atoms with Crippen molar-refractivity contribution in [1.29, 1.82) is 0 Å². The highest BCUT2D eigenvalue weighted by atomic mass is 79.9. The molecule has 2 aliphatic heterocycles. The van der Waals surface area contributed by atoms with Crippen LogP contribution in [0.15, 0.2) is 22.2 Å². The minimum Gasteiger partial charge on any atom is -0.456 e. The number of H-pyrrole nitrogens is 1. The summed E-state index contributed by atoms with van der Waals surface area (Å²) in [6.07, 6.45) is -1.62. The first-order valence-electron chi connectivity index (χ1n) is 10.9. The molecule has 3 N–H and O–H groups in total. The Labute approximate surface area is 212 Å². The van der Waals surface area contributed by atoms with Crippen LogP contribution >= 0.6 is 15.9 Å². The van der Waals surface area contributed by atoms with Crippen molar-refractivity contribution in [3.8, 4) is 0 Å². The molecule has 0 aromatic carbocycles. The van der Waals surface area contributed by atoms with Crippen LogP contribution in [0.3, 0.4) is 0 Å². The number of aromatic amines is 1. The minimum absolute atomic E-state index is 0.00307. The highest BCUT2D eigenvalue weighted by Crippen LogP contribution is 2.39. The number of hydrogen-bond donors (Lipinski definition) is 2. The zero-order chi connectivity index (χ0) is 26.6. The monoisotopic (exact) mass is 571 g/mol. The van der Waals surface area contributed by atoms with Crippen molar-refractivity contribution in [2.75, 3.05) is 12.3 Å². The van der Waals surface area contributed by atoms with Crippen molar-refractivity contribution >= 4 is 45.0 Å². The molecule has 196 valence electrons. The quantitative estimate of drug-likeness (QED) is 0.265. The molecule has 0 bridgehead atoms. The molecular formula is C21H26BrN5O9. The van der Waals surface area contributed by atoms with Crippen molar-refractivity contribution in [2.24, 2.45) is 0 Å². The van der Waals surface area contributed by atoms with E-state index in [0.717, 1.165) is 9.13 Å². The van der Waals surface area contributed by atoms with Gasteiger partial charge in [-0.25, -0.2) is 14.2 Å². The second kappa shape index (κ2) is 9.14. The minimum atomic E-state index is -1.67. The van der Waals surface area contributed by atoms with E-state index >= 15 is 0 Å². The lowest BCUT2D eigenvalue weighted by molar-refractivity contribution is -0.334. The fraction of sp³-hybridized carbons (Fsp3) is 0.571. The Bertz CT molecular complexity index is 1350. The second-order valence-electron chi connectivity index (χ2n) is 8.93. The number of carbonyl (C=O) groups excluding carboxylic acids is 2. The maximum atomic E-state index is 13.4. The number of nitrogens with zero attached hydrogens (tertiary/aromatic N) is 3. The van der Waals surface area contributed by atoms with Gasteiger partial charge in [-0.3, -0.25) is 23.9 Å². The van der Waals surface area contributed by atoms with Gasteiger partial charge in [0.15, 0.2) is 29.1 Å². The molecule has 2 aromatic rings. The Balaban J connectivity index is 1.72. The summed E-state index contributed by atoms with van der Waals surface area (Å²) in [5, 5.41) is 0. The van der Waals surface area contributed by atoms with Gasteiger partial charge < -0.3 is 24.7 Å². The molecule has 0 saturated carbocycles. The molecule has 0 spiro atoms. The molecule has 2 aromatic heterocycles. The number of aromatic nitrogens is 4. The number of carbonyl (C=O) groups is 2. The molecule has 36 heavy (non-hydrogen) atoms. The molecule has 2 saturated heterocycles. The SMILES string of the molecule is C=CCn1c(=O)n([C@@H]2O[C@H](COC3(C)OC(=O)C(C)(C)O3)[C@H](Br)[C@H]2OC(C)=O)c2nc(N)[nH]c(=O)c21. The molecule has 14 nitrogen and oxygen atoms in total. The maximum absolute atomic E-state index is 13.4. The molecule has 5 atom stereocenters. The summed E-state index contributed by atoms with van der Waals surface area (Å²) in [6.45, 7) is 9.18. The Morgan fingerprint density at radius 3 is 2.61 bits per heavy atom. The van der Waals surface area contributed by atoms with Crippen LogP contribution in [-0.2, 0) is 39.8 Å². The summed E-state index contributed by atoms with van der Waals surface area (Å²) < 4.78 is 30.4. The summed E-state index contributed by atoms with van der Waals surface area (Å²) in [5.74, 6) is -3.12. The molecule has 1 unspecified atom stereocenters. The van der Waals surface area contributed by atoms with Crippen molar-refractivity contribution in [1.82, 2.24) is 19.1 Å². The number of nitrogen functional groups attached to an aromatic ring is 1. The van der Waals surface area contributed by atoms with Gasteiger partial charge in [0.2, 0.25) is 5.95 Å². The molecular weight excluding hydrogens is 546 g/mol. The van der Waals surface area contributed by atoms with Gasteiger partial charge in [0.05, 0.1) is 11.4 Å². The first kappa shape index (κ1) is 26.1.